The first-order valence-corrected chi connectivity index (χ1v) is 14.6. The number of fused-ring (bicyclic) bond motifs is 2. The summed E-state index contributed by atoms with van der Waals surface area (Å²) in [5.74, 6) is 0.587. The number of H-pyrrole nitrogens is 1. The van der Waals surface area contributed by atoms with Crippen LogP contribution in [0.25, 0.3) is 22.5 Å². The molecule has 6 rings (SSSR count). The number of rotatable bonds is 9. The molecule has 2 bridgehead atoms. The third-order valence-electron chi connectivity index (χ3n) is 8.60. The Morgan fingerprint density at radius 1 is 1.00 bits per heavy atom. The highest BCUT2D eigenvalue weighted by molar-refractivity contribution is 5.81. The van der Waals surface area contributed by atoms with E-state index in [0.29, 0.717) is 42.1 Å². The van der Waals surface area contributed by atoms with Crippen molar-refractivity contribution in [3.8, 4) is 22.5 Å². The summed E-state index contributed by atoms with van der Waals surface area (Å²) >= 11 is 0. The molecule has 2 aromatic carbocycles. The molecule has 2 fully saturated rings. The first-order valence-electron chi connectivity index (χ1n) is 14.6. The topological polar surface area (TPSA) is 114 Å². The lowest BCUT2D eigenvalue weighted by Crippen LogP contribution is -2.39. The SMILES string of the molecule is CCCCc1nc(C)c(CC(=O)N2C3CCC2CC3)c(=O)n1Cc1ccc(-c2ccccc2-c2noc(=O)[nH]2)cc1. The molecular weight excluding hydrogens is 518 g/mol. The number of carbonyl (C=O) groups is 1. The van der Waals surface area contributed by atoms with Crippen molar-refractivity contribution in [3.63, 3.8) is 0 Å². The van der Waals surface area contributed by atoms with Crippen molar-refractivity contribution in [3.05, 3.63) is 92.1 Å². The summed E-state index contributed by atoms with van der Waals surface area (Å²) in [5.41, 5.74) is 4.61. The molecule has 9 heteroatoms. The van der Waals surface area contributed by atoms with Gasteiger partial charge in [0.25, 0.3) is 5.56 Å². The fourth-order valence-corrected chi connectivity index (χ4v) is 6.47. The van der Waals surface area contributed by atoms with Crippen molar-refractivity contribution in [1.82, 2.24) is 24.6 Å². The highest BCUT2D eigenvalue weighted by Gasteiger charge is 2.42. The van der Waals surface area contributed by atoms with Gasteiger partial charge in [0, 0.05) is 35.3 Å². The number of benzene rings is 2. The molecule has 0 unspecified atom stereocenters. The van der Waals surface area contributed by atoms with Gasteiger partial charge < -0.3 is 4.90 Å². The number of nitrogens with one attached hydrogen (secondary N) is 1. The van der Waals surface area contributed by atoms with Crippen molar-refractivity contribution in [1.29, 1.82) is 0 Å². The summed E-state index contributed by atoms with van der Waals surface area (Å²) in [6.45, 7) is 4.36. The van der Waals surface area contributed by atoms with Crippen LogP contribution in [-0.4, -0.2) is 42.6 Å². The van der Waals surface area contributed by atoms with E-state index in [1.807, 2.05) is 60.4 Å². The lowest BCUT2D eigenvalue weighted by Gasteiger charge is -2.23. The van der Waals surface area contributed by atoms with Crippen LogP contribution >= 0.6 is 0 Å². The van der Waals surface area contributed by atoms with E-state index in [-0.39, 0.29) is 17.9 Å². The van der Waals surface area contributed by atoms with Gasteiger partial charge in [0.15, 0.2) is 5.82 Å². The van der Waals surface area contributed by atoms with E-state index in [2.05, 4.69) is 17.1 Å². The van der Waals surface area contributed by atoms with Crippen LogP contribution in [-0.2, 0) is 24.2 Å². The first-order chi connectivity index (χ1) is 19.9. The molecule has 41 heavy (non-hydrogen) atoms. The summed E-state index contributed by atoms with van der Waals surface area (Å²) in [7, 11) is 0. The maximum absolute atomic E-state index is 13.9. The van der Waals surface area contributed by atoms with Crippen LogP contribution in [0.5, 0.6) is 0 Å². The van der Waals surface area contributed by atoms with Crippen LogP contribution in [0.2, 0.25) is 0 Å². The summed E-state index contributed by atoms with van der Waals surface area (Å²) in [6.07, 6.45) is 7.04. The normalized spacial score (nSPS) is 17.9. The molecule has 0 saturated carbocycles. The van der Waals surface area contributed by atoms with E-state index in [1.54, 1.807) is 4.57 Å². The number of carbonyl (C=O) groups excluding carboxylic acids is 1. The third-order valence-corrected chi connectivity index (χ3v) is 8.60. The molecule has 0 spiro atoms. The van der Waals surface area contributed by atoms with Crippen LogP contribution in [0, 0.1) is 6.92 Å². The Balaban J connectivity index is 1.29. The van der Waals surface area contributed by atoms with Gasteiger partial charge in [0.05, 0.1) is 13.0 Å². The van der Waals surface area contributed by atoms with Crippen LogP contribution in [0.1, 0.15) is 68.1 Å². The first kappa shape index (κ1) is 26.9. The summed E-state index contributed by atoms with van der Waals surface area (Å²) in [6, 6.07) is 16.3. The van der Waals surface area contributed by atoms with Crippen LogP contribution in [0.15, 0.2) is 62.6 Å². The second kappa shape index (κ2) is 11.3. The van der Waals surface area contributed by atoms with E-state index < -0.39 is 5.76 Å². The van der Waals surface area contributed by atoms with Crippen molar-refractivity contribution in [2.45, 2.75) is 83.8 Å². The minimum Gasteiger partial charge on any atom is -0.336 e. The van der Waals surface area contributed by atoms with E-state index in [1.165, 1.54) is 0 Å². The quantitative estimate of drug-likeness (QED) is 0.323. The smallest absolute Gasteiger partial charge is 0.336 e. The Morgan fingerprint density at radius 3 is 2.32 bits per heavy atom. The lowest BCUT2D eigenvalue weighted by atomic mass is 9.98. The van der Waals surface area contributed by atoms with Crippen LogP contribution < -0.4 is 11.3 Å². The maximum Gasteiger partial charge on any atom is 0.439 e. The zero-order chi connectivity index (χ0) is 28.5. The molecule has 0 radical (unpaired) electrons. The molecule has 212 valence electrons. The fraction of sp³-hybridized carbons (Fsp3) is 0.406. The average Bonchev–Trinajstić information content (AvgIpc) is 3.72. The molecule has 4 aromatic rings. The zero-order valence-corrected chi connectivity index (χ0v) is 23.6. The molecule has 0 atom stereocenters. The monoisotopic (exact) mass is 553 g/mol. The van der Waals surface area contributed by atoms with Crippen LogP contribution in [0.3, 0.4) is 0 Å². The van der Waals surface area contributed by atoms with Gasteiger partial charge in [-0.3, -0.25) is 23.7 Å². The van der Waals surface area contributed by atoms with Crippen molar-refractivity contribution < 1.29 is 9.32 Å². The minimum absolute atomic E-state index is 0.0568. The van der Waals surface area contributed by atoms with Gasteiger partial charge in [-0.15, -0.1) is 0 Å². The number of aromatic nitrogens is 4. The summed E-state index contributed by atoms with van der Waals surface area (Å²) in [5, 5.41) is 3.85. The number of unbranched alkanes of at least 4 members (excludes halogenated alkanes) is 1. The Bertz CT molecular complexity index is 1660. The lowest BCUT2D eigenvalue weighted by molar-refractivity contribution is -0.131. The number of nitrogens with zero attached hydrogens (tertiary/aromatic N) is 4. The highest BCUT2D eigenvalue weighted by atomic mass is 16.5. The molecule has 1 N–H and O–H groups in total. The van der Waals surface area contributed by atoms with E-state index in [4.69, 9.17) is 9.51 Å². The summed E-state index contributed by atoms with van der Waals surface area (Å²) < 4.78 is 6.46. The Morgan fingerprint density at radius 2 is 1.68 bits per heavy atom. The zero-order valence-electron chi connectivity index (χ0n) is 23.6. The van der Waals surface area contributed by atoms with Crippen LogP contribution in [0.4, 0.5) is 0 Å². The van der Waals surface area contributed by atoms with E-state index in [0.717, 1.165) is 66.6 Å². The molecule has 9 nitrogen and oxygen atoms in total. The molecule has 0 aliphatic carbocycles. The third kappa shape index (κ3) is 5.28. The Labute approximate surface area is 238 Å². The molecule has 2 aromatic heterocycles. The number of hydrogen-bond donors (Lipinski definition) is 1. The molecule has 4 heterocycles. The largest absolute Gasteiger partial charge is 0.439 e. The van der Waals surface area contributed by atoms with Gasteiger partial charge in [-0.2, -0.15) is 0 Å². The minimum atomic E-state index is -0.602. The van der Waals surface area contributed by atoms with Crippen molar-refractivity contribution in [2.24, 2.45) is 0 Å². The van der Waals surface area contributed by atoms with E-state index >= 15 is 0 Å². The Kier molecular flexibility index (Phi) is 7.43. The molecule has 2 aliphatic rings. The van der Waals surface area contributed by atoms with Crippen molar-refractivity contribution >= 4 is 5.91 Å². The second-order valence-corrected chi connectivity index (χ2v) is 11.2. The number of amides is 1. The molecule has 1 amide bonds. The summed E-state index contributed by atoms with van der Waals surface area (Å²) in [4.78, 5) is 48.3. The number of aryl methyl sites for hydroxylation is 2. The maximum atomic E-state index is 13.9. The van der Waals surface area contributed by atoms with Gasteiger partial charge >= 0.3 is 5.76 Å². The van der Waals surface area contributed by atoms with Gasteiger partial charge in [0.1, 0.15) is 5.82 Å². The highest BCUT2D eigenvalue weighted by Crippen LogP contribution is 2.37. The van der Waals surface area contributed by atoms with Gasteiger partial charge in [-0.1, -0.05) is 67.0 Å². The van der Waals surface area contributed by atoms with Crippen molar-refractivity contribution in [2.75, 3.05) is 0 Å². The fourth-order valence-electron chi connectivity index (χ4n) is 6.47. The van der Waals surface area contributed by atoms with E-state index in [9.17, 15) is 14.4 Å². The van der Waals surface area contributed by atoms with Gasteiger partial charge in [0.2, 0.25) is 5.91 Å². The molecule has 2 saturated heterocycles. The predicted molar refractivity (Wildman–Crippen MR) is 156 cm³/mol. The molecular formula is C32H35N5O4. The van der Waals surface area contributed by atoms with Gasteiger partial charge in [-0.05, 0) is 55.7 Å². The Hall–Kier alpha value is -4.27. The number of hydrogen-bond acceptors (Lipinski definition) is 6. The predicted octanol–water partition coefficient (Wildman–Crippen LogP) is 4.65. The molecule has 2 aliphatic heterocycles. The average molecular weight is 554 g/mol. The second-order valence-electron chi connectivity index (χ2n) is 11.2. The number of aromatic amines is 1. The van der Waals surface area contributed by atoms with Gasteiger partial charge in [-0.25, -0.2) is 9.78 Å². The standard InChI is InChI=1S/C32H35N5O4/c1-3-4-9-28-33-20(2)27(18-29(38)37-23-14-15-24(37)17-16-23)31(39)36(28)19-21-10-12-22(13-11-21)25-7-5-6-8-26(25)30-34-32(40)41-35-30/h5-8,10-13,23-24H,3-4,9,14-19H2,1-2H3,(H,34,35,40).